The van der Waals surface area contributed by atoms with Crippen LogP contribution < -0.4 is 5.32 Å². The number of nitrogens with one attached hydrogen (secondary N) is 2. The fourth-order valence-corrected chi connectivity index (χ4v) is 2.63. The van der Waals surface area contributed by atoms with Crippen LogP contribution in [0, 0.1) is 0 Å². The molecule has 19 heavy (non-hydrogen) atoms. The maximum Gasteiger partial charge on any atom is 0.293 e. The van der Waals surface area contributed by atoms with E-state index in [1.165, 1.54) is 0 Å². The summed E-state index contributed by atoms with van der Waals surface area (Å²) in [6, 6.07) is 0.287. The number of hydrogen-bond donors (Lipinski definition) is 2. The molecule has 3 rings (SSSR count). The van der Waals surface area contributed by atoms with E-state index in [0.717, 1.165) is 51.1 Å². The van der Waals surface area contributed by atoms with E-state index >= 15 is 0 Å². The number of amides is 1. The Bertz CT molecular complexity index is 448. The maximum absolute atomic E-state index is 12.5. The molecule has 0 radical (unpaired) electrons. The number of nitrogens with zero attached hydrogens (tertiary/aromatic N) is 3. The second-order valence-electron chi connectivity index (χ2n) is 5.46. The number of aromatic nitrogens is 3. The third kappa shape index (κ3) is 2.63. The molecule has 1 atom stereocenters. The summed E-state index contributed by atoms with van der Waals surface area (Å²) >= 11 is 0. The van der Waals surface area contributed by atoms with Crippen molar-refractivity contribution in [2.45, 2.75) is 44.6 Å². The van der Waals surface area contributed by atoms with Crippen LogP contribution in [0.3, 0.4) is 0 Å². The van der Waals surface area contributed by atoms with Gasteiger partial charge in [0.05, 0.1) is 0 Å². The Balaban J connectivity index is 1.73. The minimum absolute atomic E-state index is 0.0290. The Hall–Kier alpha value is -1.43. The molecule has 1 aromatic heterocycles. The fourth-order valence-electron chi connectivity index (χ4n) is 2.63. The zero-order valence-electron chi connectivity index (χ0n) is 11.4. The molecule has 0 aromatic carbocycles. The van der Waals surface area contributed by atoms with Crippen molar-refractivity contribution in [3.05, 3.63) is 11.6 Å². The lowest BCUT2D eigenvalue weighted by Crippen LogP contribution is -2.42. The summed E-state index contributed by atoms with van der Waals surface area (Å²) in [5, 5.41) is 10.3. The van der Waals surface area contributed by atoms with Crippen LogP contribution in [0.15, 0.2) is 0 Å². The molecule has 1 unspecified atom stereocenters. The van der Waals surface area contributed by atoms with Gasteiger partial charge in [-0.05, 0) is 32.2 Å². The highest BCUT2D eigenvalue weighted by Gasteiger charge is 2.31. The van der Waals surface area contributed by atoms with Gasteiger partial charge in [-0.3, -0.25) is 9.89 Å². The van der Waals surface area contributed by atoms with E-state index in [4.69, 9.17) is 0 Å². The highest BCUT2D eigenvalue weighted by atomic mass is 16.2. The first-order valence-electron chi connectivity index (χ1n) is 7.23. The van der Waals surface area contributed by atoms with Crippen molar-refractivity contribution < 1.29 is 4.79 Å². The van der Waals surface area contributed by atoms with Crippen molar-refractivity contribution in [2.24, 2.45) is 0 Å². The Labute approximate surface area is 113 Å². The molecular formula is C13H21N5O. The molecule has 2 N–H and O–H groups in total. The lowest BCUT2D eigenvalue weighted by molar-refractivity contribution is 0.0680. The summed E-state index contributed by atoms with van der Waals surface area (Å²) in [6.07, 6.45) is 4.30. The average Bonchev–Trinajstić information content (AvgIpc) is 2.96. The van der Waals surface area contributed by atoms with Gasteiger partial charge in [-0.1, -0.05) is 6.92 Å². The van der Waals surface area contributed by atoms with E-state index in [-0.39, 0.29) is 11.9 Å². The first-order valence-corrected chi connectivity index (χ1v) is 7.23. The fraction of sp³-hybridized carbons (Fsp3) is 0.769. The molecule has 1 saturated heterocycles. The quantitative estimate of drug-likeness (QED) is 0.827. The van der Waals surface area contributed by atoms with Crippen molar-refractivity contribution >= 4 is 5.91 Å². The number of carbonyl (C=O) groups excluding carboxylic acids is 1. The standard InChI is InChI=1S/C13H21N5O/c1-2-7-18(10-5-6-14-8-10)13(19)12-15-11(16-17-12)9-3-4-9/h9-10,14H,2-8H2,1H3,(H,15,16,17). The molecule has 2 fully saturated rings. The SMILES string of the molecule is CCCN(C(=O)c1n[nH]c(C2CC2)n1)C1CCNC1. The van der Waals surface area contributed by atoms with E-state index in [1.54, 1.807) is 0 Å². The van der Waals surface area contributed by atoms with E-state index in [1.807, 2.05) is 4.90 Å². The smallest absolute Gasteiger partial charge is 0.293 e. The van der Waals surface area contributed by atoms with Crippen LogP contribution in [0.5, 0.6) is 0 Å². The van der Waals surface area contributed by atoms with E-state index in [0.29, 0.717) is 11.7 Å². The van der Waals surface area contributed by atoms with Gasteiger partial charge in [0.25, 0.3) is 5.91 Å². The van der Waals surface area contributed by atoms with Crippen molar-refractivity contribution in [1.82, 2.24) is 25.4 Å². The van der Waals surface area contributed by atoms with E-state index in [2.05, 4.69) is 27.4 Å². The predicted octanol–water partition coefficient (Wildman–Crippen LogP) is 0.896. The maximum atomic E-state index is 12.5. The number of carbonyl (C=O) groups is 1. The molecular weight excluding hydrogens is 242 g/mol. The second-order valence-corrected chi connectivity index (χ2v) is 5.46. The molecule has 0 bridgehead atoms. The van der Waals surface area contributed by atoms with Gasteiger partial charge in [-0.25, -0.2) is 4.98 Å². The Morgan fingerprint density at radius 1 is 1.42 bits per heavy atom. The number of rotatable bonds is 5. The summed E-state index contributed by atoms with van der Waals surface area (Å²) in [4.78, 5) is 18.8. The molecule has 2 aliphatic rings. The zero-order chi connectivity index (χ0) is 13.2. The lowest BCUT2D eigenvalue weighted by atomic mass is 10.2. The van der Waals surface area contributed by atoms with Crippen molar-refractivity contribution in [3.8, 4) is 0 Å². The average molecular weight is 263 g/mol. The summed E-state index contributed by atoms with van der Waals surface area (Å²) in [6.45, 7) is 4.74. The highest BCUT2D eigenvalue weighted by Crippen LogP contribution is 2.37. The summed E-state index contributed by atoms with van der Waals surface area (Å²) < 4.78 is 0. The van der Waals surface area contributed by atoms with Crippen LogP contribution in [0.2, 0.25) is 0 Å². The molecule has 6 heteroatoms. The Morgan fingerprint density at radius 3 is 2.89 bits per heavy atom. The minimum Gasteiger partial charge on any atom is -0.332 e. The molecule has 104 valence electrons. The number of H-pyrrole nitrogens is 1. The third-order valence-electron chi connectivity index (χ3n) is 3.86. The Morgan fingerprint density at radius 2 is 2.26 bits per heavy atom. The highest BCUT2D eigenvalue weighted by molar-refractivity contribution is 5.90. The molecule has 6 nitrogen and oxygen atoms in total. The summed E-state index contributed by atoms with van der Waals surface area (Å²) in [5.74, 6) is 1.69. The van der Waals surface area contributed by atoms with Crippen molar-refractivity contribution in [1.29, 1.82) is 0 Å². The summed E-state index contributed by atoms with van der Waals surface area (Å²) in [5.41, 5.74) is 0. The van der Waals surface area contributed by atoms with Gasteiger partial charge in [-0.15, -0.1) is 5.10 Å². The number of hydrogen-bond acceptors (Lipinski definition) is 4. The lowest BCUT2D eigenvalue weighted by Gasteiger charge is -2.26. The first kappa shape index (κ1) is 12.6. The first-order chi connectivity index (χ1) is 9.29. The second kappa shape index (κ2) is 5.28. The molecule has 1 amide bonds. The van der Waals surface area contributed by atoms with Crippen molar-refractivity contribution in [2.75, 3.05) is 19.6 Å². The normalized spacial score (nSPS) is 22.7. The third-order valence-corrected chi connectivity index (χ3v) is 3.86. The topological polar surface area (TPSA) is 73.9 Å². The monoisotopic (exact) mass is 263 g/mol. The molecule has 2 heterocycles. The molecule has 1 aliphatic carbocycles. The van der Waals surface area contributed by atoms with Crippen LogP contribution in [0.4, 0.5) is 0 Å². The molecule has 1 aliphatic heterocycles. The van der Waals surface area contributed by atoms with E-state index < -0.39 is 0 Å². The van der Waals surface area contributed by atoms with Gasteiger partial charge in [0.15, 0.2) is 0 Å². The van der Waals surface area contributed by atoms with Crippen molar-refractivity contribution in [3.63, 3.8) is 0 Å². The Kier molecular flexibility index (Phi) is 3.50. The van der Waals surface area contributed by atoms with Gasteiger partial charge < -0.3 is 10.2 Å². The van der Waals surface area contributed by atoms with Crippen LogP contribution in [-0.4, -0.2) is 51.7 Å². The molecule has 0 spiro atoms. The van der Waals surface area contributed by atoms with Crippen LogP contribution in [0.1, 0.15) is 55.0 Å². The number of aromatic amines is 1. The predicted molar refractivity (Wildman–Crippen MR) is 71.0 cm³/mol. The van der Waals surface area contributed by atoms with Crippen LogP contribution in [0.25, 0.3) is 0 Å². The molecule has 1 aromatic rings. The minimum atomic E-state index is -0.0290. The van der Waals surface area contributed by atoms with Crippen LogP contribution >= 0.6 is 0 Å². The zero-order valence-corrected chi connectivity index (χ0v) is 11.4. The largest absolute Gasteiger partial charge is 0.332 e. The van der Waals surface area contributed by atoms with E-state index in [9.17, 15) is 4.79 Å². The van der Waals surface area contributed by atoms with Gasteiger partial charge >= 0.3 is 0 Å². The van der Waals surface area contributed by atoms with Gasteiger partial charge in [-0.2, -0.15) is 0 Å². The van der Waals surface area contributed by atoms with Crippen LogP contribution in [-0.2, 0) is 0 Å². The van der Waals surface area contributed by atoms with Gasteiger partial charge in [0, 0.05) is 25.0 Å². The van der Waals surface area contributed by atoms with Gasteiger partial charge in [0.1, 0.15) is 5.82 Å². The van der Waals surface area contributed by atoms with Gasteiger partial charge in [0.2, 0.25) is 5.82 Å². The summed E-state index contributed by atoms with van der Waals surface area (Å²) in [7, 11) is 0. The molecule has 1 saturated carbocycles.